The smallest absolute Gasteiger partial charge is 0.255 e. The van der Waals surface area contributed by atoms with Crippen LogP contribution in [0.3, 0.4) is 0 Å². The highest BCUT2D eigenvalue weighted by atomic mass is 35.5. The Morgan fingerprint density at radius 1 is 0.960 bits per heavy atom. The Balaban J connectivity index is 1.84. The van der Waals surface area contributed by atoms with Gasteiger partial charge in [-0.05, 0) is 43.4 Å². The minimum Gasteiger partial charge on any atom is -0.367 e. The molecule has 1 amide bonds. The number of piperazine rings is 1. The molecule has 0 saturated carbocycles. The minimum atomic E-state index is -0.254. The fraction of sp³-hybridized carbons (Fsp3) is 0.278. The molecule has 0 radical (unpaired) electrons. The van der Waals surface area contributed by atoms with Crippen molar-refractivity contribution >= 4 is 52.1 Å². The number of benzene rings is 2. The van der Waals surface area contributed by atoms with Crippen LogP contribution in [-0.4, -0.2) is 44.0 Å². The number of amides is 1. The van der Waals surface area contributed by atoms with Crippen molar-refractivity contribution in [1.29, 1.82) is 0 Å². The highest BCUT2D eigenvalue weighted by Crippen LogP contribution is 2.31. The maximum Gasteiger partial charge on any atom is 0.255 e. The molecule has 4 nitrogen and oxygen atoms in total. The molecule has 132 valence electrons. The first-order valence-electron chi connectivity index (χ1n) is 7.93. The minimum absolute atomic E-state index is 0.254. The van der Waals surface area contributed by atoms with Gasteiger partial charge >= 0.3 is 0 Å². The van der Waals surface area contributed by atoms with Crippen molar-refractivity contribution in [3.8, 4) is 0 Å². The van der Waals surface area contributed by atoms with Crippen molar-refractivity contribution < 1.29 is 4.79 Å². The summed E-state index contributed by atoms with van der Waals surface area (Å²) in [7, 11) is 2.10. The molecule has 7 heteroatoms. The summed E-state index contributed by atoms with van der Waals surface area (Å²) in [5.74, 6) is -0.254. The lowest BCUT2D eigenvalue weighted by Gasteiger charge is -2.35. The quantitative estimate of drug-likeness (QED) is 0.817. The third-order valence-electron chi connectivity index (χ3n) is 4.23. The van der Waals surface area contributed by atoms with Crippen LogP contribution >= 0.6 is 34.8 Å². The monoisotopic (exact) mass is 397 g/mol. The van der Waals surface area contributed by atoms with E-state index in [-0.39, 0.29) is 5.91 Å². The van der Waals surface area contributed by atoms with Gasteiger partial charge in [0.15, 0.2) is 0 Å². The molecule has 1 saturated heterocycles. The van der Waals surface area contributed by atoms with Crippen LogP contribution < -0.4 is 10.2 Å². The highest BCUT2D eigenvalue weighted by Gasteiger charge is 2.19. The first kappa shape index (κ1) is 18.3. The van der Waals surface area contributed by atoms with Gasteiger partial charge in [0, 0.05) is 36.8 Å². The van der Waals surface area contributed by atoms with E-state index in [0.29, 0.717) is 26.3 Å². The van der Waals surface area contributed by atoms with Crippen molar-refractivity contribution in [2.45, 2.75) is 0 Å². The van der Waals surface area contributed by atoms with Gasteiger partial charge in [0.1, 0.15) is 0 Å². The zero-order chi connectivity index (χ0) is 18.0. The van der Waals surface area contributed by atoms with Crippen LogP contribution in [0.5, 0.6) is 0 Å². The number of nitrogens with zero attached hydrogens (tertiary/aromatic N) is 2. The molecule has 3 rings (SSSR count). The van der Waals surface area contributed by atoms with Crippen LogP contribution in [0.2, 0.25) is 15.1 Å². The van der Waals surface area contributed by atoms with Gasteiger partial charge in [-0.25, -0.2) is 0 Å². The number of hydrogen-bond donors (Lipinski definition) is 1. The number of rotatable bonds is 3. The van der Waals surface area contributed by atoms with Crippen LogP contribution in [0.15, 0.2) is 36.4 Å². The Hall–Kier alpha value is -1.46. The molecular weight excluding hydrogens is 381 g/mol. The van der Waals surface area contributed by atoms with E-state index < -0.39 is 0 Å². The fourth-order valence-electron chi connectivity index (χ4n) is 2.76. The second-order valence-corrected chi connectivity index (χ2v) is 7.29. The molecule has 1 aliphatic heterocycles. The maximum absolute atomic E-state index is 12.6. The molecule has 0 unspecified atom stereocenters. The standard InChI is InChI=1S/C18H18Cl3N3O/c1-23-6-8-24(9-7-23)17-5-3-13(19)11-16(17)22-18(25)12-2-4-14(20)15(21)10-12/h2-5,10-11H,6-9H2,1H3,(H,22,25). The predicted octanol–water partition coefficient (Wildman–Crippen LogP) is 4.65. The molecule has 1 fully saturated rings. The molecular formula is C18H18Cl3N3O. The van der Waals surface area contributed by atoms with Gasteiger partial charge in [-0.1, -0.05) is 34.8 Å². The van der Waals surface area contributed by atoms with Gasteiger partial charge in [-0.3, -0.25) is 4.79 Å². The van der Waals surface area contributed by atoms with Gasteiger partial charge in [-0.15, -0.1) is 0 Å². The van der Waals surface area contributed by atoms with Crippen LogP contribution in [0.4, 0.5) is 11.4 Å². The average molecular weight is 399 g/mol. The summed E-state index contributed by atoms with van der Waals surface area (Å²) in [5.41, 5.74) is 2.10. The van der Waals surface area contributed by atoms with Gasteiger partial charge in [-0.2, -0.15) is 0 Å². The van der Waals surface area contributed by atoms with E-state index in [9.17, 15) is 4.79 Å². The van der Waals surface area contributed by atoms with E-state index in [2.05, 4.69) is 22.2 Å². The zero-order valence-corrected chi connectivity index (χ0v) is 16.0. The summed E-state index contributed by atoms with van der Waals surface area (Å²) in [6, 6.07) is 10.4. The molecule has 0 atom stereocenters. The Morgan fingerprint density at radius 3 is 2.36 bits per heavy atom. The largest absolute Gasteiger partial charge is 0.367 e. The van der Waals surface area contributed by atoms with Gasteiger partial charge in [0.2, 0.25) is 0 Å². The Kier molecular flexibility index (Phi) is 5.74. The van der Waals surface area contributed by atoms with Gasteiger partial charge in [0.25, 0.3) is 5.91 Å². The van der Waals surface area contributed by atoms with Gasteiger partial charge in [0.05, 0.1) is 21.4 Å². The zero-order valence-electron chi connectivity index (χ0n) is 13.7. The number of carbonyl (C=O) groups is 1. The Morgan fingerprint density at radius 2 is 1.68 bits per heavy atom. The number of halogens is 3. The normalized spacial score (nSPS) is 15.3. The molecule has 1 aliphatic rings. The second-order valence-electron chi connectivity index (χ2n) is 6.03. The van der Waals surface area contributed by atoms with E-state index in [1.165, 1.54) is 0 Å². The first-order valence-corrected chi connectivity index (χ1v) is 9.07. The summed E-state index contributed by atoms with van der Waals surface area (Å²) in [4.78, 5) is 17.1. The summed E-state index contributed by atoms with van der Waals surface area (Å²) in [6.45, 7) is 3.74. The van der Waals surface area contributed by atoms with E-state index in [1.54, 1.807) is 24.3 Å². The Bertz CT molecular complexity index is 789. The second kappa shape index (κ2) is 7.83. The molecule has 0 bridgehead atoms. The number of likely N-dealkylation sites (N-methyl/N-ethyl adjacent to an activating group) is 1. The van der Waals surface area contributed by atoms with E-state index in [1.807, 2.05) is 12.1 Å². The molecule has 2 aromatic carbocycles. The number of anilines is 2. The van der Waals surface area contributed by atoms with E-state index >= 15 is 0 Å². The Labute approximate surface area is 162 Å². The number of hydrogen-bond acceptors (Lipinski definition) is 3. The third kappa shape index (κ3) is 4.39. The molecule has 0 spiro atoms. The lowest BCUT2D eigenvalue weighted by atomic mass is 10.1. The van der Waals surface area contributed by atoms with E-state index in [4.69, 9.17) is 34.8 Å². The number of carbonyl (C=O) groups excluding carboxylic acids is 1. The van der Waals surface area contributed by atoms with Crippen LogP contribution in [0.1, 0.15) is 10.4 Å². The van der Waals surface area contributed by atoms with Crippen molar-refractivity contribution in [2.24, 2.45) is 0 Å². The molecule has 25 heavy (non-hydrogen) atoms. The van der Waals surface area contributed by atoms with E-state index in [0.717, 1.165) is 31.9 Å². The van der Waals surface area contributed by atoms with Crippen LogP contribution in [0, 0.1) is 0 Å². The number of nitrogens with one attached hydrogen (secondary N) is 1. The molecule has 1 N–H and O–H groups in total. The lowest BCUT2D eigenvalue weighted by molar-refractivity contribution is 0.102. The van der Waals surface area contributed by atoms with Crippen molar-refractivity contribution in [3.05, 3.63) is 57.0 Å². The molecule has 0 aliphatic carbocycles. The van der Waals surface area contributed by atoms with Crippen LogP contribution in [-0.2, 0) is 0 Å². The highest BCUT2D eigenvalue weighted by molar-refractivity contribution is 6.42. The van der Waals surface area contributed by atoms with Crippen LogP contribution in [0.25, 0.3) is 0 Å². The topological polar surface area (TPSA) is 35.6 Å². The van der Waals surface area contributed by atoms with Crippen molar-refractivity contribution in [1.82, 2.24) is 4.90 Å². The molecule has 0 aromatic heterocycles. The molecule has 2 aromatic rings. The maximum atomic E-state index is 12.6. The summed E-state index contributed by atoms with van der Waals surface area (Å²) in [6.07, 6.45) is 0. The first-order chi connectivity index (χ1) is 11.9. The summed E-state index contributed by atoms with van der Waals surface area (Å²) >= 11 is 18.1. The average Bonchev–Trinajstić information content (AvgIpc) is 2.58. The SMILES string of the molecule is CN1CCN(c2ccc(Cl)cc2NC(=O)c2ccc(Cl)c(Cl)c2)CC1. The molecule has 1 heterocycles. The van der Waals surface area contributed by atoms with Crippen molar-refractivity contribution in [2.75, 3.05) is 43.4 Å². The predicted molar refractivity (Wildman–Crippen MR) is 106 cm³/mol. The summed E-state index contributed by atoms with van der Waals surface area (Å²) in [5, 5.41) is 4.28. The summed E-state index contributed by atoms with van der Waals surface area (Å²) < 4.78 is 0. The fourth-order valence-corrected chi connectivity index (χ4v) is 3.23. The third-order valence-corrected chi connectivity index (χ3v) is 5.21. The van der Waals surface area contributed by atoms with Gasteiger partial charge < -0.3 is 15.1 Å². The lowest BCUT2D eigenvalue weighted by Crippen LogP contribution is -2.44. The van der Waals surface area contributed by atoms with Crippen molar-refractivity contribution in [3.63, 3.8) is 0 Å².